The molecule has 1 aromatic carbocycles. The molecule has 2 heterocycles. The number of ether oxygens (including phenoxy) is 1. The van der Waals surface area contributed by atoms with Gasteiger partial charge in [0.15, 0.2) is 5.96 Å². The molecule has 2 saturated heterocycles. The lowest BCUT2D eigenvalue weighted by Crippen LogP contribution is -2.49. The molecule has 6 nitrogen and oxygen atoms in total. The van der Waals surface area contributed by atoms with Crippen LogP contribution in [0.25, 0.3) is 0 Å². The highest BCUT2D eigenvalue weighted by atomic mass is 35.5. The van der Waals surface area contributed by atoms with Crippen molar-refractivity contribution < 1.29 is 17.9 Å². The number of guanidine groups is 1. The molecular weight excluding hydrogens is 419 g/mol. The Hall–Kier alpha value is -1.55. The first kappa shape index (κ1) is 23.1. The van der Waals surface area contributed by atoms with E-state index >= 15 is 0 Å². The number of nitrogens with one attached hydrogen (secondary N) is 2. The molecule has 0 aromatic heterocycles. The molecule has 2 N–H and O–H groups in total. The van der Waals surface area contributed by atoms with Gasteiger partial charge in [0.1, 0.15) is 0 Å². The summed E-state index contributed by atoms with van der Waals surface area (Å²) in [6, 6.07) is 7.82. The number of rotatable bonds is 6. The molecule has 2 aliphatic heterocycles. The summed E-state index contributed by atoms with van der Waals surface area (Å²) in [4.78, 5) is 8.03. The minimum atomic E-state index is -4.17. The molecule has 2 unspecified atom stereocenters. The highest BCUT2D eigenvalue weighted by Crippen LogP contribution is 2.24. The largest absolute Gasteiger partial charge is 0.401 e. The van der Waals surface area contributed by atoms with Crippen LogP contribution in [0, 0.1) is 0 Å². The van der Waals surface area contributed by atoms with Crippen molar-refractivity contribution >= 4 is 17.6 Å². The van der Waals surface area contributed by atoms with Crippen LogP contribution >= 0.6 is 11.6 Å². The van der Waals surface area contributed by atoms with Crippen molar-refractivity contribution in [2.75, 3.05) is 59.5 Å². The van der Waals surface area contributed by atoms with Gasteiger partial charge < -0.3 is 15.4 Å². The predicted octanol–water partition coefficient (Wildman–Crippen LogP) is 2.51. The first-order valence-electron chi connectivity index (χ1n) is 10.2. The number of alkyl halides is 3. The van der Waals surface area contributed by atoms with Crippen LogP contribution in [0.5, 0.6) is 0 Å². The van der Waals surface area contributed by atoms with Gasteiger partial charge in [-0.05, 0) is 24.1 Å². The Morgan fingerprint density at radius 3 is 2.73 bits per heavy atom. The molecule has 0 saturated carbocycles. The van der Waals surface area contributed by atoms with Gasteiger partial charge in [0.2, 0.25) is 0 Å². The minimum Gasteiger partial charge on any atom is -0.379 e. The molecule has 168 valence electrons. The van der Waals surface area contributed by atoms with Crippen molar-refractivity contribution in [2.45, 2.75) is 24.7 Å². The molecule has 30 heavy (non-hydrogen) atoms. The Labute approximate surface area is 180 Å². The number of nitrogens with zero attached hydrogens (tertiary/aromatic N) is 3. The van der Waals surface area contributed by atoms with E-state index in [0.717, 1.165) is 18.7 Å². The van der Waals surface area contributed by atoms with E-state index in [4.69, 9.17) is 16.3 Å². The Bertz CT molecular complexity index is 712. The number of morpholine rings is 1. The van der Waals surface area contributed by atoms with Crippen molar-refractivity contribution in [1.29, 1.82) is 0 Å². The number of aliphatic imine (C=N–C) groups is 1. The lowest BCUT2D eigenvalue weighted by atomic mass is 10.0. The number of halogens is 4. The van der Waals surface area contributed by atoms with Crippen molar-refractivity contribution in [2.24, 2.45) is 4.99 Å². The van der Waals surface area contributed by atoms with Gasteiger partial charge in [0, 0.05) is 50.8 Å². The second-order valence-electron chi connectivity index (χ2n) is 7.65. The number of benzene rings is 1. The molecular formula is C20H29ClF3N5O. The second-order valence-corrected chi connectivity index (χ2v) is 8.09. The maximum atomic E-state index is 12.6. The van der Waals surface area contributed by atoms with E-state index < -0.39 is 12.7 Å². The van der Waals surface area contributed by atoms with Gasteiger partial charge in [0.05, 0.1) is 25.8 Å². The first-order chi connectivity index (χ1) is 14.3. The lowest BCUT2D eigenvalue weighted by Gasteiger charge is -2.35. The summed E-state index contributed by atoms with van der Waals surface area (Å²) in [6.45, 7) is 3.50. The summed E-state index contributed by atoms with van der Waals surface area (Å²) in [5.74, 6) is 0.592. The molecule has 2 atom stereocenters. The van der Waals surface area contributed by atoms with Gasteiger partial charge >= 0.3 is 6.18 Å². The molecule has 2 aliphatic rings. The molecule has 0 radical (unpaired) electrons. The third-order valence-corrected chi connectivity index (χ3v) is 5.66. The van der Waals surface area contributed by atoms with Crippen LogP contribution < -0.4 is 10.6 Å². The fourth-order valence-corrected chi connectivity index (χ4v) is 4.19. The van der Waals surface area contributed by atoms with E-state index in [-0.39, 0.29) is 12.1 Å². The monoisotopic (exact) mass is 447 g/mol. The third-order valence-electron chi connectivity index (χ3n) is 5.42. The van der Waals surface area contributed by atoms with Crippen LogP contribution in [-0.4, -0.2) is 87.5 Å². The first-order valence-corrected chi connectivity index (χ1v) is 10.6. The smallest absolute Gasteiger partial charge is 0.379 e. The highest BCUT2D eigenvalue weighted by Gasteiger charge is 2.34. The zero-order valence-electron chi connectivity index (χ0n) is 17.1. The Kier molecular flexibility index (Phi) is 8.21. The minimum absolute atomic E-state index is 0.0634. The van der Waals surface area contributed by atoms with Crippen molar-refractivity contribution in [3.8, 4) is 0 Å². The maximum absolute atomic E-state index is 12.6. The summed E-state index contributed by atoms with van der Waals surface area (Å²) >= 11 is 6.21. The topological polar surface area (TPSA) is 52.1 Å². The van der Waals surface area contributed by atoms with E-state index in [9.17, 15) is 13.2 Å². The molecule has 3 rings (SSSR count). The quantitative estimate of drug-likeness (QED) is 0.518. The zero-order chi connectivity index (χ0) is 21.6. The van der Waals surface area contributed by atoms with Crippen LogP contribution in [0.3, 0.4) is 0 Å². The Balaban J connectivity index is 1.58. The number of hydrogen-bond acceptors (Lipinski definition) is 4. The van der Waals surface area contributed by atoms with E-state index in [0.29, 0.717) is 50.3 Å². The van der Waals surface area contributed by atoms with Gasteiger partial charge in [-0.25, -0.2) is 0 Å². The molecule has 10 heteroatoms. The van der Waals surface area contributed by atoms with Gasteiger partial charge in [-0.3, -0.25) is 14.8 Å². The number of hydrogen-bond donors (Lipinski definition) is 2. The van der Waals surface area contributed by atoms with Gasteiger partial charge in [-0.15, -0.1) is 0 Å². The second kappa shape index (κ2) is 10.7. The average Bonchev–Trinajstić information content (AvgIpc) is 3.13. The standard InChI is InChI=1S/C20H29ClF3N5O/c1-25-19(27-17-5-6-28(13-17)14-20(22,23)24)26-12-18(29-7-9-30-10-8-29)15-3-2-4-16(21)11-15/h2-4,11,17-18H,5-10,12-14H2,1H3,(H2,25,26,27). The fraction of sp³-hybridized carbons (Fsp3) is 0.650. The maximum Gasteiger partial charge on any atom is 0.401 e. The molecule has 0 spiro atoms. The zero-order valence-corrected chi connectivity index (χ0v) is 17.8. The van der Waals surface area contributed by atoms with Gasteiger partial charge in [0.25, 0.3) is 0 Å². The van der Waals surface area contributed by atoms with Crippen LogP contribution in [0.4, 0.5) is 13.2 Å². The van der Waals surface area contributed by atoms with Crippen molar-refractivity contribution in [3.05, 3.63) is 34.9 Å². The normalized spacial score (nSPS) is 22.8. The predicted molar refractivity (Wildman–Crippen MR) is 112 cm³/mol. The number of likely N-dealkylation sites (tertiary alicyclic amines) is 1. The molecule has 0 aliphatic carbocycles. The summed E-state index contributed by atoms with van der Waals surface area (Å²) in [7, 11) is 1.67. The van der Waals surface area contributed by atoms with E-state index in [1.54, 1.807) is 7.05 Å². The average molecular weight is 448 g/mol. The van der Waals surface area contributed by atoms with Crippen LogP contribution in [0.2, 0.25) is 5.02 Å². The SMILES string of the molecule is CN=C(NCC(c1cccc(Cl)c1)N1CCOCC1)NC1CCN(CC(F)(F)F)C1. The van der Waals surface area contributed by atoms with Crippen LogP contribution in [0.1, 0.15) is 18.0 Å². The summed E-state index contributed by atoms with van der Waals surface area (Å²) < 4.78 is 43.3. The molecule has 0 amide bonds. The van der Waals surface area contributed by atoms with Gasteiger partial charge in [-0.2, -0.15) is 13.2 Å². The van der Waals surface area contributed by atoms with E-state index in [1.165, 1.54) is 4.90 Å². The fourth-order valence-electron chi connectivity index (χ4n) is 3.99. The molecule has 0 bridgehead atoms. The summed E-state index contributed by atoms with van der Waals surface area (Å²) in [6.07, 6.45) is -3.52. The van der Waals surface area contributed by atoms with E-state index in [2.05, 4.69) is 26.6 Å². The van der Waals surface area contributed by atoms with Crippen LogP contribution in [0.15, 0.2) is 29.3 Å². The highest BCUT2D eigenvalue weighted by molar-refractivity contribution is 6.30. The lowest BCUT2D eigenvalue weighted by molar-refractivity contribution is -0.143. The Morgan fingerprint density at radius 2 is 2.07 bits per heavy atom. The van der Waals surface area contributed by atoms with Crippen molar-refractivity contribution in [1.82, 2.24) is 20.4 Å². The van der Waals surface area contributed by atoms with Gasteiger partial charge in [-0.1, -0.05) is 23.7 Å². The summed E-state index contributed by atoms with van der Waals surface area (Å²) in [5, 5.41) is 7.29. The Morgan fingerprint density at radius 1 is 1.30 bits per heavy atom. The van der Waals surface area contributed by atoms with E-state index in [1.807, 2.05) is 18.2 Å². The molecule has 1 aromatic rings. The summed E-state index contributed by atoms with van der Waals surface area (Å²) in [5.41, 5.74) is 1.10. The molecule has 2 fully saturated rings. The van der Waals surface area contributed by atoms with Crippen LogP contribution in [-0.2, 0) is 4.74 Å². The third kappa shape index (κ3) is 7.01. The van der Waals surface area contributed by atoms with Crippen molar-refractivity contribution in [3.63, 3.8) is 0 Å².